The van der Waals surface area contributed by atoms with Crippen LogP contribution in [0.5, 0.6) is 5.75 Å². The molecule has 2 rings (SSSR count). The standard InChI is InChI=1S/C28H31N3O7/c1-5-7-19(4)37-24(32)17-31(28(35)36-6-2)26(33)18(3)16-20-8-10-22(11-9-20)27(34)38-23-14-12-21(13-15-23)25(29)30/h5,7-16,19H,6,17H2,1-4H3,(H3,29,30). The largest absolute Gasteiger partial charge is 0.457 e. The average molecular weight is 522 g/mol. The number of allylic oxidation sites excluding steroid dienone is 1. The van der Waals surface area contributed by atoms with Gasteiger partial charge in [-0.1, -0.05) is 18.2 Å². The van der Waals surface area contributed by atoms with Gasteiger partial charge < -0.3 is 19.9 Å². The molecule has 10 nitrogen and oxygen atoms in total. The van der Waals surface area contributed by atoms with Gasteiger partial charge in [-0.05, 0) is 81.8 Å². The minimum absolute atomic E-state index is 0.0217. The lowest BCUT2D eigenvalue weighted by Crippen LogP contribution is -2.42. The van der Waals surface area contributed by atoms with Gasteiger partial charge in [-0.2, -0.15) is 0 Å². The molecule has 200 valence electrons. The average Bonchev–Trinajstić information content (AvgIpc) is 2.87. The molecular formula is C28H31N3O7. The number of imide groups is 1. The second-order valence-electron chi connectivity index (χ2n) is 8.09. The lowest BCUT2D eigenvalue weighted by molar-refractivity contribution is -0.149. The summed E-state index contributed by atoms with van der Waals surface area (Å²) >= 11 is 0. The van der Waals surface area contributed by atoms with E-state index in [-0.39, 0.29) is 23.6 Å². The molecule has 0 saturated heterocycles. The van der Waals surface area contributed by atoms with Crippen LogP contribution in [0.4, 0.5) is 4.79 Å². The third kappa shape index (κ3) is 8.74. The summed E-state index contributed by atoms with van der Waals surface area (Å²) < 4.78 is 15.5. The number of nitrogens with zero attached hydrogens (tertiary/aromatic N) is 1. The molecule has 0 aliphatic carbocycles. The van der Waals surface area contributed by atoms with Crippen LogP contribution >= 0.6 is 0 Å². The zero-order valence-corrected chi connectivity index (χ0v) is 21.7. The summed E-state index contributed by atoms with van der Waals surface area (Å²) in [5.41, 5.74) is 6.93. The maximum absolute atomic E-state index is 13.0. The number of benzene rings is 2. The predicted octanol–water partition coefficient (Wildman–Crippen LogP) is 4.09. The van der Waals surface area contributed by atoms with E-state index in [4.69, 9.17) is 25.4 Å². The minimum Gasteiger partial charge on any atom is -0.457 e. The van der Waals surface area contributed by atoms with E-state index in [0.717, 1.165) is 0 Å². The maximum Gasteiger partial charge on any atom is 0.417 e. The third-order valence-electron chi connectivity index (χ3n) is 5.04. The van der Waals surface area contributed by atoms with E-state index in [1.165, 1.54) is 37.3 Å². The van der Waals surface area contributed by atoms with E-state index >= 15 is 0 Å². The molecule has 0 aromatic heterocycles. The van der Waals surface area contributed by atoms with Crippen molar-refractivity contribution in [2.45, 2.75) is 33.8 Å². The molecule has 0 aliphatic heterocycles. The first-order chi connectivity index (χ1) is 18.0. The number of hydrogen-bond acceptors (Lipinski definition) is 8. The van der Waals surface area contributed by atoms with Gasteiger partial charge >= 0.3 is 18.0 Å². The molecule has 0 aliphatic rings. The number of nitrogens with one attached hydrogen (secondary N) is 1. The number of carbonyl (C=O) groups excluding carboxylic acids is 4. The molecule has 0 spiro atoms. The summed E-state index contributed by atoms with van der Waals surface area (Å²) in [7, 11) is 0. The van der Waals surface area contributed by atoms with Crippen LogP contribution in [0.2, 0.25) is 0 Å². The molecule has 0 saturated carbocycles. The summed E-state index contributed by atoms with van der Waals surface area (Å²) in [6.07, 6.45) is 3.40. The number of hydrogen-bond donors (Lipinski definition) is 2. The Morgan fingerprint density at radius 3 is 2.18 bits per heavy atom. The van der Waals surface area contributed by atoms with Crippen LogP contribution < -0.4 is 10.5 Å². The topological polar surface area (TPSA) is 149 Å². The number of rotatable bonds is 10. The second-order valence-corrected chi connectivity index (χ2v) is 8.09. The van der Waals surface area contributed by atoms with Crippen LogP contribution in [0.3, 0.4) is 0 Å². The highest BCUT2D eigenvalue weighted by Crippen LogP contribution is 2.16. The van der Waals surface area contributed by atoms with Gasteiger partial charge in [-0.25, -0.2) is 14.5 Å². The van der Waals surface area contributed by atoms with Gasteiger partial charge in [-0.3, -0.25) is 15.0 Å². The van der Waals surface area contributed by atoms with Crippen LogP contribution in [0.15, 0.2) is 66.3 Å². The van der Waals surface area contributed by atoms with Gasteiger partial charge in [0.1, 0.15) is 24.2 Å². The number of esters is 2. The van der Waals surface area contributed by atoms with Crippen LogP contribution in [-0.2, 0) is 19.1 Å². The van der Waals surface area contributed by atoms with E-state index < -0.39 is 36.6 Å². The van der Waals surface area contributed by atoms with Gasteiger partial charge in [0.15, 0.2) is 0 Å². The van der Waals surface area contributed by atoms with Crippen molar-refractivity contribution in [1.82, 2.24) is 4.90 Å². The Hall–Kier alpha value is -4.73. The highest BCUT2D eigenvalue weighted by molar-refractivity contribution is 6.06. The number of nitrogens with two attached hydrogens (primary N) is 1. The molecule has 0 bridgehead atoms. The number of ether oxygens (including phenoxy) is 3. The first-order valence-electron chi connectivity index (χ1n) is 11.8. The van der Waals surface area contributed by atoms with Crippen molar-refractivity contribution in [1.29, 1.82) is 5.41 Å². The van der Waals surface area contributed by atoms with Crippen molar-refractivity contribution in [3.63, 3.8) is 0 Å². The molecule has 2 aromatic carbocycles. The molecule has 1 atom stereocenters. The summed E-state index contributed by atoms with van der Waals surface area (Å²) in [5, 5.41) is 7.40. The van der Waals surface area contributed by atoms with E-state index in [0.29, 0.717) is 21.8 Å². The molecular weight excluding hydrogens is 490 g/mol. The SMILES string of the molecule is CC=CC(C)OC(=O)CN(C(=O)OCC)C(=O)C(C)=Cc1ccc(C(=O)Oc2ccc(C(=N)N)cc2)cc1. The predicted molar refractivity (Wildman–Crippen MR) is 142 cm³/mol. The van der Waals surface area contributed by atoms with Gasteiger partial charge in [0.2, 0.25) is 0 Å². The van der Waals surface area contributed by atoms with E-state index in [2.05, 4.69) is 0 Å². The fourth-order valence-corrected chi connectivity index (χ4v) is 3.21. The third-order valence-corrected chi connectivity index (χ3v) is 5.04. The van der Waals surface area contributed by atoms with Crippen molar-refractivity contribution >= 4 is 35.9 Å². The lowest BCUT2D eigenvalue weighted by atomic mass is 10.1. The highest BCUT2D eigenvalue weighted by Gasteiger charge is 2.27. The summed E-state index contributed by atoms with van der Waals surface area (Å²) in [6.45, 7) is 5.93. The molecule has 0 heterocycles. The van der Waals surface area contributed by atoms with Crippen LogP contribution in [0.1, 0.15) is 49.2 Å². The van der Waals surface area contributed by atoms with Gasteiger partial charge in [-0.15, -0.1) is 0 Å². The molecule has 2 aromatic rings. The van der Waals surface area contributed by atoms with E-state index in [1.54, 1.807) is 57.2 Å². The Morgan fingerprint density at radius 1 is 1.03 bits per heavy atom. The molecule has 0 fully saturated rings. The highest BCUT2D eigenvalue weighted by atomic mass is 16.6. The first-order valence-corrected chi connectivity index (χ1v) is 11.8. The van der Waals surface area contributed by atoms with Crippen molar-refractivity contribution < 1.29 is 33.4 Å². The first kappa shape index (κ1) is 29.5. The van der Waals surface area contributed by atoms with Gasteiger partial charge in [0.25, 0.3) is 5.91 Å². The zero-order chi connectivity index (χ0) is 28.2. The summed E-state index contributed by atoms with van der Waals surface area (Å²) in [5.74, 6) is -1.88. The fourth-order valence-electron chi connectivity index (χ4n) is 3.21. The Labute approximate surface area is 221 Å². The number of carbonyl (C=O) groups is 4. The molecule has 2 amide bonds. The monoisotopic (exact) mass is 521 g/mol. The quantitative estimate of drug-likeness (QED) is 0.119. The lowest BCUT2D eigenvalue weighted by Gasteiger charge is -2.20. The van der Waals surface area contributed by atoms with Crippen molar-refractivity contribution in [3.05, 3.63) is 82.9 Å². The zero-order valence-electron chi connectivity index (χ0n) is 21.7. The molecule has 1 unspecified atom stereocenters. The van der Waals surface area contributed by atoms with Crippen molar-refractivity contribution in [2.24, 2.45) is 5.73 Å². The Balaban J connectivity index is 2.12. The van der Waals surface area contributed by atoms with Gasteiger partial charge in [0.05, 0.1) is 12.2 Å². The molecule has 38 heavy (non-hydrogen) atoms. The molecule has 10 heteroatoms. The van der Waals surface area contributed by atoms with Crippen molar-refractivity contribution in [3.8, 4) is 5.75 Å². The minimum atomic E-state index is -0.963. The second kappa shape index (κ2) is 14.1. The normalized spacial score (nSPS) is 11.9. The molecule has 3 N–H and O–H groups in total. The number of amidine groups is 1. The maximum atomic E-state index is 13.0. The van der Waals surface area contributed by atoms with Crippen LogP contribution in [0, 0.1) is 5.41 Å². The smallest absolute Gasteiger partial charge is 0.417 e. The molecule has 0 radical (unpaired) electrons. The Morgan fingerprint density at radius 2 is 1.63 bits per heavy atom. The van der Waals surface area contributed by atoms with Crippen LogP contribution in [0.25, 0.3) is 6.08 Å². The van der Waals surface area contributed by atoms with E-state index in [9.17, 15) is 19.2 Å². The summed E-state index contributed by atoms with van der Waals surface area (Å²) in [6, 6.07) is 12.5. The fraction of sp³-hybridized carbons (Fsp3) is 0.250. The Kier molecular flexibility index (Phi) is 11.0. The Bertz CT molecular complexity index is 1230. The van der Waals surface area contributed by atoms with Crippen molar-refractivity contribution in [2.75, 3.05) is 13.2 Å². The number of nitrogen functional groups attached to an aromatic ring is 1. The summed E-state index contributed by atoms with van der Waals surface area (Å²) in [4.78, 5) is 50.8. The number of amides is 2. The van der Waals surface area contributed by atoms with Crippen LogP contribution in [-0.4, -0.2) is 53.9 Å². The van der Waals surface area contributed by atoms with E-state index in [1.807, 2.05) is 0 Å². The van der Waals surface area contributed by atoms with Gasteiger partial charge in [0, 0.05) is 11.1 Å².